The molecule has 8 heteroatoms. The Bertz CT molecular complexity index is 1470. The molecule has 38 heavy (non-hydrogen) atoms. The summed E-state index contributed by atoms with van der Waals surface area (Å²) in [5.74, 6) is -0.227. The minimum absolute atomic E-state index is 0.227. The molecule has 0 unspecified atom stereocenters. The van der Waals surface area contributed by atoms with E-state index >= 15 is 0 Å². The number of carbonyl (C=O) groups is 1. The van der Waals surface area contributed by atoms with Crippen LogP contribution in [0.4, 0.5) is 17.1 Å². The molecular formula is C30H32N4O3S. The number of nitrogens with zero attached hydrogens (tertiary/aromatic N) is 1. The van der Waals surface area contributed by atoms with Crippen molar-refractivity contribution < 1.29 is 13.2 Å². The maximum atomic E-state index is 13.3. The van der Waals surface area contributed by atoms with Crippen molar-refractivity contribution in [1.29, 1.82) is 0 Å². The minimum atomic E-state index is -3.41. The number of rotatable bonds is 8. The van der Waals surface area contributed by atoms with Crippen LogP contribution in [0.1, 0.15) is 48.8 Å². The average Bonchev–Trinajstić information content (AvgIpc) is 3.74. The zero-order valence-electron chi connectivity index (χ0n) is 21.2. The van der Waals surface area contributed by atoms with Gasteiger partial charge in [-0.3, -0.25) is 14.4 Å². The molecule has 3 aromatic carbocycles. The summed E-state index contributed by atoms with van der Waals surface area (Å²) in [6.07, 6.45) is 5.22. The van der Waals surface area contributed by atoms with E-state index < -0.39 is 10.0 Å². The molecule has 3 aliphatic rings. The fourth-order valence-electron chi connectivity index (χ4n) is 5.20. The van der Waals surface area contributed by atoms with Gasteiger partial charge < -0.3 is 10.6 Å². The summed E-state index contributed by atoms with van der Waals surface area (Å²) in [6.45, 7) is 3.25. The molecule has 0 bridgehead atoms. The number of anilines is 3. The minimum Gasteiger partial charge on any atom is -0.354 e. The highest BCUT2D eigenvalue weighted by Gasteiger charge is 2.36. The molecule has 2 fully saturated rings. The molecule has 0 radical (unpaired) electrons. The highest BCUT2D eigenvalue weighted by atomic mass is 32.2. The lowest BCUT2D eigenvalue weighted by atomic mass is 9.99. The first-order valence-electron chi connectivity index (χ1n) is 13.3. The van der Waals surface area contributed by atoms with Crippen LogP contribution in [-0.4, -0.2) is 37.6 Å². The van der Waals surface area contributed by atoms with Gasteiger partial charge in [0.25, 0.3) is 5.91 Å². The van der Waals surface area contributed by atoms with Gasteiger partial charge in [-0.1, -0.05) is 48.9 Å². The van der Waals surface area contributed by atoms with Crippen LogP contribution in [-0.2, 0) is 21.4 Å². The van der Waals surface area contributed by atoms with E-state index in [2.05, 4.69) is 44.5 Å². The molecule has 196 valence electrons. The number of hydrogen-bond acceptors (Lipinski definition) is 5. The molecule has 0 atom stereocenters. The van der Waals surface area contributed by atoms with Crippen LogP contribution in [0, 0.1) is 0 Å². The summed E-state index contributed by atoms with van der Waals surface area (Å²) in [5, 5.41) is 6.12. The third-order valence-electron chi connectivity index (χ3n) is 7.38. The van der Waals surface area contributed by atoms with Gasteiger partial charge in [0, 0.05) is 29.2 Å². The Morgan fingerprint density at radius 2 is 1.61 bits per heavy atom. The van der Waals surface area contributed by atoms with E-state index in [1.807, 2.05) is 30.3 Å². The van der Waals surface area contributed by atoms with Crippen LogP contribution in [0.3, 0.4) is 0 Å². The second-order valence-corrected chi connectivity index (χ2v) is 12.3. The quantitative estimate of drug-likeness (QED) is 0.336. The van der Waals surface area contributed by atoms with E-state index in [1.54, 1.807) is 18.2 Å². The van der Waals surface area contributed by atoms with Crippen molar-refractivity contribution in [2.45, 2.75) is 43.9 Å². The van der Waals surface area contributed by atoms with Crippen molar-refractivity contribution in [3.63, 3.8) is 0 Å². The molecular weight excluding hydrogens is 496 g/mol. The van der Waals surface area contributed by atoms with Crippen molar-refractivity contribution >= 4 is 44.3 Å². The van der Waals surface area contributed by atoms with Crippen LogP contribution in [0.5, 0.6) is 0 Å². The number of piperidine rings is 1. The van der Waals surface area contributed by atoms with Gasteiger partial charge in [-0.2, -0.15) is 0 Å². The summed E-state index contributed by atoms with van der Waals surface area (Å²) < 4.78 is 27.8. The molecule has 1 amide bonds. The lowest BCUT2D eigenvalue weighted by Gasteiger charge is -2.26. The summed E-state index contributed by atoms with van der Waals surface area (Å²) in [6, 6.07) is 23.3. The zero-order valence-corrected chi connectivity index (χ0v) is 22.1. The zero-order chi connectivity index (χ0) is 26.1. The average molecular weight is 529 g/mol. The number of fused-ring (bicyclic) bond motifs is 1. The molecule has 0 aromatic heterocycles. The van der Waals surface area contributed by atoms with Crippen LogP contribution < -0.4 is 15.4 Å². The molecule has 2 aliphatic heterocycles. The summed E-state index contributed by atoms with van der Waals surface area (Å²) in [5.41, 5.74) is 5.95. The SMILES string of the molecule is O=C1Nc2ccc(NS(=O)(=O)C3CC3)cc2/C1=C(\Nc1ccc(CN2CCCCC2)cc1)c1ccccc1. The van der Waals surface area contributed by atoms with E-state index in [0.29, 0.717) is 41.1 Å². The highest BCUT2D eigenvalue weighted by Crippen LogP contribution is 2.40. The number of amides is 1. The fraction of sp³-hybridized carbons (Fsp3) is 0.300. The van der Waals surface area contributed by atoms with Crippen molar-refractivity contribution in [2.24, 2.45) is 0 Å². The number of hydrogen-bond donors (Lipinski definition) is 3. The molecule has 0 spiro atoms. The normalized spacial score (nSPS) is 19.0. The van der Waals surface area contributed by atoms with Gasteiger partial charge in [-0.15, -0.1) is 0 Å². The van der Waals surface area contributed by atoms with E-state index in [9.17, 15) is 13.2 Å². The lowest BCUT2D eigenvalue weighted by Crippen LogP contribution is -2.29. The highest BCUT2D eigenvalue weighted by molar-refractivity contribution is 7.93. The molecule has 6 rings (SSSR count). The lowest BCUT2D eigenvalue weighted by molar-refractivity contribution is -0.110. The second kappa shape index (κ2) is 10.3. The molecule has 7 nitrogen and oxygen atoms in total. The topological polar surface area (TPSA) is 90.5 Å². The first-order valence-corrected chi connectivity index (χ1v) is 14.9. The summed E-state index contributed by atoms with van der Waals surface area (Å²) >= 11 is 0. The van der Waals surface area contributed by atoms with Gasteiger partial charge in [0.05, 0.1) is 16.5 Å². The van der Waals surface area contributed by atoms with Crippen molar-refractivity contribution in [3.05, 3.63) is 89.5 Å². The Balaban J connectivity index is 1.33. The fourth-order valence-corrected chi connectivity index (χ4v) is 6.58. The van der Waals surface area contributed by atoms with Crippen molar-refractivity contribution in [2.75, 3.05) is 28.4 Å². The third-order valence-corrected chi connectivity index (χ3v) is 9.25. The Hall–Kier alpha value is -3.62. The standard InChI is InChI=1S/C30H32N4O3S/c35-30-28(26-19-24(13-16-27(26)32-30)33-38(36,37)25-14-15-25)29(22-7-3-1-4-8-22)31-23-11-9-21(10-12-23)20-34-17-5-2-6-18-34/h1,3-4,7-13,16,19,25,31,33H,2,5-6,14-15,17-18,20H2,(H,32,35)/b29-28+. The summed E-state index contributed by atoms with van der Waals surface area (Å²) in [7, 11) is -3.41. The maximum absolute atomic E-state index is 13.3. The first kappa shape index (κ1) is 24.7. The van der Waals surface area contributed by atoms with Gasteiger partial charge in [0.15, 0.2) is 0 Å². The predicted octanol–water partition coefficient (Wildman–Crippen LogP) is 5.51. The number of nitrogens with one attached hydrogen (secondary N) is 3. The Morgan fingerprint density at radius 1 is 0.895 bits per heavy atom. The molecule has 2 heterocycles. The van der Waals surface area contributed by atoms with E-state index in [-0.39, 0.29) is 11.2 Å². The van der Waals surface area contributed by atoms with Crippen LogP contribution in [0.2, 0.25) is 0 Å². The molecule has 1 aliphatic carbocycles. The third kappa shape index (κ3) is 5.33. The first-order chi connectivity index (χ1) is 18.5. The number of sulfonamides is 1. The Labute approximate surface area is 224 Å². The second-order valence-electron chi connectivity index (χ2n) is 10.3. The molecule has 3 N–H and O–H groups in total. The number of likely N-dealkylation sites (tertiary alicyclic amines) is 1. The molecule has 3 aromatic rings. The van der Waals surface area contributed by atoms with E-state index in [1.165, 1.54) is 24.8 Å². The van der Waals surface area contributed by atoms with Gasteiger partial charge in [-0.25, -0.2) is 8.42 Å². The maximum Gasteiger partial charge on any atom is 0.258 e. The van der Waals surface area contributed by atoms with Gasteiger partial charge >= 0.3 is 0 Å². The Morgan fingerprint density at radius 3 is 2.32 bits per heavy atom. The van der Waals surface area contributed by atoms with Crippen molar-refractivity contribution in [1.82, 2.24) is 4.90 Å². The largest absolute Gasteiger partial charge is 0.354 e. The predicted molar refractivity (Wildman–Crippen MR) is 153 cm³/mol. The van der Waals surface area contributed by atoms with E-state index in [0.717, 1.165) is 30.9 Å². The van der Waals surface area contributed by atoms with Gasteiger partial charge in [-0.05, 0) is 80.2 Å². The Kier molecular flexibility index (Phi) is 6.68. The summed E-state index contributed by atoms with van der Waals surface area (Å²) in [4.78, 5) is 15.8. The smallest absolute Gasteiger partial charge is 0.258 e. The number of benzene rings is 3. The van der Waals surface area contributed by atoms with Crippen LogP contribution >= 0.6 is 0 Å². The monoisotopic (exact) mass is 528 g/mol. The van der Waals surface area contributed by atoms with Crippen LogP contribution in [0.25, 0.3) is 11.3 Å². The van der Waals surface area contributed by atoms with Gasteiger partial charge in [0.2, 0.25) is 10.0 Å². The van der Waals surface area contributed by atoms with Crippen molar-refractivity contribution in [3.8, 4) is 0 Å². The number of carbonyl (C=O) groups excluding carboxylic acids is 1. The van der Waals surface area contributed by atoms with E-state index in [4.69, 9.17) is 0 Å². The molecule has 1 saturated carbocycles. The van der Waals surface area contributed by atoms with Crippen LogP contribution in [0.15, 0.2) is 72.8 Å². The molecule has 1 saturated heterocycles. The van der Waals surface area contributed by atoms with Gasteiger partial charge in [0.1, 0.15) is 0 Å².